The summed E-state index contributed by atoms with van der Waals surface area (Å²) in [5.41, 5.74) is 1.67. The van der Waals surface area contributed by atoms with Crippen molar-refractivity contribution in [3.8, 4) is 0 Å². The lowest BCUT2D eigenvalue weighted by Gasteiger charge is -1.93. The van der Waals surface area contributed by atoms with Crippen molar-refractivity contribution in [2.24, 2.45) is 0 Å². The Morgan fingerprint density at radius 2 is 2.09 bits per heavy atom. The van der Waals surface area contributed by atoms with Gasteiger partial charge in [0.05, 0.1) is 17.9 Å². The minimum absolute atomic E-state index is 0.734. The first-order valence-electron chi connectivity index (χ1n) is 3.08. The molecule has 0 spiro atoms. The van der Waals surface area contributed by atoms with Crippen LogP contribution in [0.5, 0.6) is 0 Å². The molecule has 0 amide bonds. The van der Waals surface area contributed by atoms with E-state index >= 15 is 0 Å². The lowest BCUT2D eigenvalue weighted by atomic mass is 10.4. The van der Waals surface area contributed by atoms with Gasteiger partial charge in [0.15, 0.2) is 0 Å². The van der Waals surface area contributed by atoms with Gasteiger partial charge in [-0.25, -0.2) is 4.98 Å². The van der Waals surface area contributed by atoms with E-state index in [0.29, 0.717) is 0 Å². The molecule has 0 fully saturated rings. The fourth-order valence-electron chi connectivity index (χ4n) is 0.841. The van der Waals surface area contributed by atoms with E-state index in [-0.39, 0.29) is 0 Å². The van der Waals surface area contributed by atoms with Gasteiger partial charge in [-0.15, -0.1) is 0 Å². The van der Waals surface area contributed by atoms with Crippen LogP contribution in [0.15, 0.2) is 29.3 Å². The highest BCUT2D eigenvalue weighted by molar-refractivity contribution is 9.10. The lowest BCUT2D eigenvalue weighted by Crippen LogP contribution is -1.84. The number of fused-ring (bicyclic) bond motifs is 1. The Kier molecular flexibility index (Phi) is 1.54. The predicted octanol–water partition coefficient (Wildman–Crippen LogP) is 1.79. The Morgan fingerprint density at radius 1 is 1.18 bits per heavy atom. The van der Waals surface area contributed by atoms with Crippen LogP contribution in [0.25, 0.3) is 11.0 Å². The molecule has 2 heterocycles. The van der Waals surface area contributed by atoms with E-state index < -0.39 is 0 Å². The molecule has 0 aliphatic carbocycles. The third kappa shape index (κ3) is 1.21. The van der Waals surface area contributed by atoms with Gasteiger partial charge in [-0.05, 0) is 22.0 Å². The summed E-state index contributed by atoms with van der Waals surface area (Å²) < 4.78 is 0.734. The molecule has 0 aliphatic rings. The molecule has 3 nitrogen and oxygen atoms in total. The number of halogens is 1. The van der Waals surface area contributed by atoms with Crippen LogP contribution in [0, 0.1) is 0 Å². The van der Waals surface area contributed by atoms with Gasteiger partial charge in [0.2, 0.25) is 0 Å². The first-order chi connectivity index (χ1) is 5.36. The maximum atomic E-state index is 4.17. The average Bonchev–Trinajstić information content (AvgIpc) is 2.04. The zero-order chi connectivity index (χ0) is 7.68. The van der Waals surface area contributed by atoms with Gasteiger partial charge in [0.25, 0.3) is 0 Å². The van der Waals surface area contributed by atoms with Crippen molar-refractivity contribution in [1.82, 2.24) is 15.0 Å². The van der Waals surface area contributed by atoms with Gasteiger partial charge in [-0.1, -0.05) is 0 Å². The molecule has 0 radical (unpaired) electrons. The number of nitrogens with zero attached hydrogens (tertiary/aromatic N) is 3. The molecule has 0 aliphatic heterocycles. The molecule has 0 unspecified atom stereocenters. The number of hydrogen-bond donors (Lipinski definition) is 0. The molecule has 0 aromatic carbocycles. The molecule has 0 saturated heterocycles. The van der Waals surface area contributed by atoms with E-state index in [9.17, 15) is 0 Å². The number of hydrogen-bond acceptors (Lipinski definition) is 3. The van der Waals surface area contributed by atoms with E-state index in [2.05, 4.69) is 30.9 Å². The van der Waals surface area contributed by atoms with Gasteiger partial charge in [0, 0.05) is 6.20 Å². The number of pyridine rings is 1. The highest BCUT2D eigenvalue weighted by atomic mass is 79.9. The molecule has 2 aromatic heterocycles. The minimum Gasteiger partial charge on any atom is -0.262 e. The van der Waals surface area contributed by atoms with Gasteiger partial charge in [0.1, 0.15) is 10.1 Å². The van der Waals surface area contributed by atoms with Crippen molar-refractivity contribution in [2.75, 3.05) is 0 Å². The summed E-state index contributed by atoms with van der Waals surface area (Å²) in [6.45, 7) is 0. The highest BCUT2D eigenvalue weighted by Gasteiger charge is 1.94. The zero-order valence-electron chi connectivity index (χ0n) is 5.53. The molecular weight excluding hydrogens is 206 g/mol. The topological polar surface area (TPSA) is 38.7 Å². The van der Waals surface area contributed by atoms with Crippen LogP contribution >= 0.6 is 15.9 Å². The molecule has 54 valence electrons. The van der Waals surface area contributed by atoms with Crippen LogP contribution in [0.3, 0.4) is 0 Å². The Morgan fingerprint density at radius 3 is 3.00 bits per heavy atom. The minimum atomic E-state index is 0.734. The van der Waals surface area contributed by atoms with E-state index in [1.54, 1.807) is 18.6 Å². The van der Waals surface area contributed by atoms with Crippen LogP contribution in [-0.2, 0) is 0 Å². The zero-order valence-corrected chi connectivity index (χ0v) is 7.12. The van der Waals surface area contributed by atoms with Crippen molar-refractivity contribution in [3.63, 3.8) is 0 Å². The maximum Gasteiger partial charge on any atom is 0.125 e. The smallest absolute Gasteiger partial charge is 0.125 e. The number of rotatable bonds is 0. The lowest BCUT2D eigenvalue weighted by molar-refractivity contribution is 1.22. The second-order valence-electron chi connectivity index (χ2n) is 2.06. The van der Waals surface area contributed by atoms with Crippen molar-refractivity contribution in [3.05, 3.63) is 29.3 Å². The molecule has 11 heavy (non-hydrogen) atoms. The van der Waals surface area contributed by atoms with E-state index in [1.165, 1.54) is 0 Å². The van der Waals surface area contributed by atoms with Gasteiger partial charge >= 0.3 is 0 Å². The maximum absolute atomic E-state index is 4.17. The summed E-state index contributed by atoms with van der Waals surface area (Å²) in [7, 11) is 0. The first kappa shape index (κ1) is 6.67. The van der Waals surface area contributed by atoms with Crippen LogP contribution in [0.4, 0.5) is 0 Å². The van der Waals surface area contributed by atoms with Crippen molar-refractivity contribution < 1.29 is 0 Å². The fourth-order valence-corrected chi connectivity index (χ4v) is 1.13. The summed E-state index contributed by atoms with van der Waals surface area (Å²) >= 11 is 3.23. The van der Waals surface area contributed by atoms with Crippen molar-refractivity contribution in [2.45, 2.75) is 0 Å². The number of aromatic nitrogens is 3. The van der Waals surface area contributed by atoms with E-state index in [4.69, 9.17) is 0 Å². The summed E-state index contributed by atoms with van der Waals surface area (Å²) in [5, 5.41) is 0. The predicted molar refractivity (Wildman–Crippen MR) is 45.0 cm³/mol. The van der Waals surface area contributed by atoms with Crippen LogP contribution in [0.2, 0.25) is 0 Å². The van der Waals surface area contributed by atoms with Crippen molar-refractivity contribution >= 4 is 27.0 Å². The average molecular weight is 210 g/mol. The van der Waals surface area contributed by atoms with Crippen LogP contribution in [-0.4, -0.2) is 15.0 Å². The molecule has 0 N–H and O–H groups in total. The molecule has 0 atom stereocenters. The van der Waals surface area contributed by atoms with Crippen LogP contribution in [0.1, 0.15) is 0 Å². The second kappa shape index (κ2) is 2.54. The van der Waals surface area contributed by atoms with Crippen LogP contribution < -0.4 is 0 Å². The highest BCUT2D eigenvalue weighted by Crippen LogP contribution is 2.09. The van der Waals surface area contributed by atoms with E-state index in [1.807, 2.05) is 6.07 Å². The normalized spacial score (nSPS) is 10.3. The quantitative estimate of drug-likeness (QED) is 0.665. The SMILES string of the molecule is Brc1cnc2ccncc2n1. The van der Waals surface area contributed by atoms with Crippen molar-refractivity contribution in [1.29, 1.82) is 0 Å². The third-order valence-electron chi connectivity index (χ3n) is 1.32. The van der Waals surface area contributed by atoms with Gasteiger partial charge in [-0.2, -0.15) is 0 Å². The molecule has 0 saturated carbocycles. The van der Waals surface area contributed by atoms with E-state index in [0.717, 1.165) is 15.6 Å². The fraction of sp³-hybridized carbons (Fsp3) is 0. The Balaban J connectivity index is 2.83. The summed E-state index contributed by atoms with van der Waals surface area (Å²) in [6, 6.07) is 1.83. The standard InChI is InChI=1S/C7H4BrN3/c8-7-4-10-5-1-2-9-3-6(5)11-7/h1-4H. The monoisotopic (exact) mass is 209 g/mol. The Bertz CT molecular complexity index is 388. The summed E-state index contributed by atoms with van der Waals surface area (Å²) in [4.78, 5) is 12.2. The molecule has 0 bridgehead atoms. The van der Waals surface area contributed by atoms with Gasteiger partial charge in [-0.3, -0.25) is 9.97 Å². The molecule has 4 heteroatoms. The first-order valence-corrected chi connectivity index (χ1v) is 3.88. The molecule has 2 rings (SSSR count). The summed E-state index contributed by atoms with van der Waals surface area (Å²) in [5.74, 6) is 0. The Labute approximate surface area is 71.6 Å². The largest absolute Gasteiger partial charge is 0.262 e. The summed E-state index contributed by atoms with van der Waals surface area (Å²) in [6.07, 6.45) is 5.06. The van der Waals surface area contributed by atoms with Gasteiger partial charge < -0.3 is 0 Å². The molecular formula is C7H4BrN3. The molecule has 2 aromatic rings. The Hall–Kier alpha value is -1.03. The second-order valence-corrected chi connectivity index (χ2v) is 2.87. The third-order valence-corrected chi connectivity index (χ3v) is 1.70.